The Morgan fingerprint density at radius 3 is 2.64 bits per heavy atom. The van der Waals surface area contributed by atoms with Gasteiger partial charge in [-0.1, -0.05) is 11.6 Å². The van der Waals surface area contributed by atoms with Gasteiger partial charge in [-0.2, -0.15) is 0 Å². The fraction of sp³-hybridized carbons (Fsp3) is 0.556. The second kappa shape index (κ2) is 10.6. The van der Waals surface area contributed by atoms with E-state index in [2.05, 4.69) is 5.32 Å². The molecule has 7 heteroatoms. The third-order valence-electron chi connectivity index (χ3n) is 4.44. The molecule has 1 saturated heterocycles. The second-order valence-corrected chi connectivity index (χ2v) is 6.81. The zero-order valence-electron chi connectivity index (χ0n) is 14.5. The standard InChI is InChI=1S/C18H26ClN3O2.ClH/c1-13(20)16-5-2-3-12-22(16)17(23)6-4-11-21-18(24)14-7-9-15(19)10-8-14;/h7-10,13,16H,2-6,11-12,20H2,1H3,(H,21,24);1H. The molecular formula is C18H27Cl2N3O2. The molecule has 140 valence electrons. The van der Waals surface area contributed by atoms with Crippen molar-refractivity contribution >= 4 is 35.8 Å². The molecule has 0 aliphatic carbocycles. The SMILES string of the molecule is CC(N)C1CCCCN1C(=O)CCCNC(=O)c1ccc(Cl)cc1.Cl. The molecule has 2 unspecified atom stereocenters. The number of halogens is 2. The molecule has 1 aromatic carbocycles. The average molecular weight is 388 g/mol. The van der Waals surface area contributed by atoms with Crippen molar-refractivity contribution in [3.05, 3.63) is 34.9 Å². The summed E-state index contributed by atoms with van der Waals surface area (Å²) in [4.78, 5) is 26.3. The minimum atomic E-state index is -0.148. The fourth-order valence-corrected chi connectivity index (χ4v) is 3.23. The number of nitrogens with two attached hydrogens (primary N) is 1. The molecule has 1 fully saturated rings. The van der Waals surface area contributed by atoms with Gasteiger partial charge in [0.15, 0.2) is 0 Å². The molecule has 1 aliphatic heterocycles. The van der Waals surface area contributed by atoms with Crippen molar-refractivity contribution in [2.45, 2.75) is 51.1 Å². The summed E-state index contributed by atoms with van der Waals surface area (Å²) < 4.78 is 0. The van der Waals surface area contributed by atoms with Crippen LogP contribution in [0.1, 0.15) is 49.4 Å². The predicted octanol–water partition coefficient (Wildman–Crippen LogP) is 3.00. The molecule has 2 amide bonds. The molecule has 25 heavy (non-hydrogen) atoms. The molecule has 0 radical (unpaired) electrons. The largest absolute Gasteiger partial charge is 0.352 e. The van der Waals surface area contributed by atoms with Gasteiger partial charge in [0.25, 0.3) is 5.91 Å². The summed E-state index contributed by atoms with van der Waals surface area (Å²) in [6.07, 6.45) is 4.22. The minimum Gasteiger partial charge on any atom is -0.352 e. The molecule has 0 bridgehead atoms. The van der Waals surface area contributed by atoms with Gasteiger partial charge in [0.05, 0.1) is 0 Å². The molecule has 3 N–H and O–H groups in total. The van der Waals surface area contributed by atoms with E-state index < -0.39 is 0 Å². The van der Waals surface area contributed by atoms with Gasteiger partial charge >= 0.3 is 0 Å². The number of rotatable bonds is 6. The number of carbonyl (C=O) groups is 2. The van der Waals surface area contributed by atoms with Gasteiger partial charge in [-0.25, -0.2) is 0 Å². The van der Waals surface area contributed by atoms with Crippen molar-refractivity contribution in [3.63, 3.8) is 0 Å². The highest BCUT2D eigenvalue weighted by Crippen LogP contribution is 2.20. The van der Waals surface area contributed by atoms with Crippen molar-refractivity contribution in [2.75, 3.05) is 13.1 Å². The van der Waals surface area contributed by atoms with Crippen LogP contribution in [0.15, 0.2) is 24.3 Å². The number of amides is 2. The Labute approximate surface area is 160 Å². The van der Waals surface area contributed by atoms with Crippen LogP contribution < -0.4 is 11.1 Å². The lowest BCUT2D eigenvalue weighted by atomic mass is 9.96. The predicted molar refractivity (Wildman–Crippen MR) is 103 cm³/mol. The van der Waals surface area contributed by atoms with E-state index in [1.807, 2.05) is 11.8 Å². The van der Waals surface area contributed by atoms with Crippen LogP contribution in [0.5, 0.6) is 0 Å². The quantitative estimate of drug-likeness (QED) is 0.736. The normalized spacial score (nSPS) is 18.2. The van der Waals surface area contributed by atoms with Crippen molar-refractivity contribution in [1.82, 2.24) is 10.2 Å². The van der Waals surface area contributed by atoms with Gasteiger partial charge in [0, 0.05) is 42.2 Å². The Morgan fingerprint density at radius 2 is 2.00 bits per heavy atom. The second-order valence-electron chi connectivity index (χ2n) is 6.38. The Morgan fingerprint density at radius 1 is 1.32 bits per heavy atom. The zero-order valence-corrected chi connectivity index (χ0v) is 16.1. The van der Waals surface area contributed by atoms with E-state index in [0.717, 1.165) is 25.8 Å². The fourth-order valence-electron chi connectivity index (χ4n) is 3.10. The van der Waals surface area contributed by atoms with E-state index in [9.17, 15) is 9.59 Å². The van der Waals surface area contributed by atoms with Crippen molar-refractivity contribution in [3.8, 4) is 0 Å². The average Bonchev–Trinajstić information content (AvgIpc) is 2.58. The Bertz CT molecular complexity index is 564. The lowest BCUT2D eigenvalue weighted by molar-refractivity contribution is -0.135. The summed E-state index contributed by atoms with van der Waals surface area (Å²) in [6.45, 7) is 3.23. The number of hydrogen-bond acceptors (Lipinski definition) is 3. The molecule has 0 aromatic heterocycles. The molecular weight excluding hydrogens is 361 g/mol. The summed E-state index contributed by atoms with van der Waals surface area (Å²) in [7, 11) is 0. The van der Waals surface area contributed by atoms with Crippen molar-refractivity contribution in [2.24, 2.45) is 5.73 Å². The molecule has 2 atom stereocenters. The maximum Gasteiger partial charge on any atom is 0.251 e. The van der Waals surface area contributed by atoms with Gasteiger partial charge < -0.3 is 16.0 Å². The van der Waals surface area contributed by atoms with Gasteiger partial charge in [-0.15, -0.1) is 12.4 Å². The van der Waals surface area contributed by atoms with Gasteiger partial charge in [-0.3, -0.25) is 9.59 Å². The first-order valence-electron chi connectivity index (χ1n) is 8.58. The summed E-state index contributed by atoms with van der Waals surface area (Å²) >= 11 is 5.80. The van der Waals surface area contributed by atoms with Crippen LogP contribution >= 0.6 is 24.0 Å². The first kappa shape index (κ1) is 21.7. The lowest BCUT2D eigenvalue weighted by Crippen LogP contribution is -2.51. The van der Waals surface area contributed by atoms with E-state index in [1.54, 1.807) is 24.3 Å². The van der Waals surface area contributed by atoms with Gasteiger partial charge in [0.1, 0.15) is 0 Å². The minimum absolute atomic E-state index is 0. The van der Waals surface area contributed by atoms with Crippen LogP contribution in [0, 0.1) is 0 Å². The Hall–Kier alpha value is -1.30. The van der Waals surface area contributed by atoms with Gasteiger partial charge in [-0.05, 0) is 56.9 Å². The number of carbonyl (C=O) groups excluding carboxylic acids is 2. The van der Waals surface area contributed by atoms with E-state index in [-0.39, 0.29) is 36.3 Å². The summed E-state index contributed by atoms with van der Waals surface area (Å²) in [5.74, 6) is -0.0108. The maximum absolute atomic E-state index is 12.4. The molecule has 1 aromatic rings. The number of benzene rings is 1. The highest BCUT2D eigenvalue weighted by atomic mass is 35.5. The zero-order chi connectivity index (χ0) is 17.5. The molecule has 1 heterocycles. The third-order valence-corrected chi connectivity index (χ3v) is 4.69. The number of piperidine rings is 1. The van der Waals surface area contributed by atoms with Crippen molar-refractivity contribution < 1.29 is 9.59 Å². The Kier molecular flexibility index (Phi) is 9.25. The van der Waals surface area contributed by atoms with Crippen LogP contribution in [-0.2, 0) is 4.79 Å². The van der Waals surface area contributed by atoms with Crippen LogP contribution in [0.2, 0.25) is 5.02 Å². The van der Waals surface area contributed by atoms with Crippen LogP contribution in [-0.4, -0.2) is 41.9 Å². The van der Waals surface area contributed by atoms with E-state index in [0.29, 0.717) is 30.0 Å². The van der Waals surface area contributed by atoms with Crippen LogP contribution in [0.4, 0.5) is 0 Å². The number of nitrogens with one attached hydrogen (secondary N) is 1. The first-order valence-corrected chi connectivity index (χ1v) is 8.95. The number of nitrogens with zero attached hydrogens (tertiary/aromatic N) is 1. The topological polar surface area (TPSA) is 75.4 Å². The summed E-state index contributed by atoms with van der Waals surface area (Å²) in [6, 6.07) is 6.89. The molecule has 2 rings (SSSR count). The van der Waals surface area contributed by atoms with Crippen LogP contribution in [0.25, 0.3) is 0 Å². The highest BCUT2D eigenvalue weighted by Gasteiger charge is 2.28. The summed E-state index contributed by atoms with van der Waals surface area (Å²) in [5, 5.41) is 3.43. The Balaban J connectivity index is 0.00000312. The van der Waals surface area contributed by atoms with Gasteiger partial charge in [0.2, 0.25) is 5.91 Å². The summed E-state index contributed by atoms with van der Waals surface area (Å²) in [5.41, 5.74) is 6.57. The monoisotopic (exact) mass is 387 g/mol. The van der Waals surface area contributed by atoms with Crippen LogP contribution in [0.3, 0.4) is 0 Å². The first-order chi connectivity index (χ1) is 11.5. The molecule has 0 saturated carbocycles. The third kappa shape index (κ3) is 6.49. The highest BCUT2D eigenvalue weighted by molar-refractivity contribution is 6.30. The lowest BCUT2D eigenvalue weighted by Gasteiger charge is -2.38. The maximum atomic E-state index is 12.4. The molecule has 0 spiro atoms. The van der Waals surface area contributed by atoms with E-state index >= 15 is 0 Å². The molecule has 5 nitrogen and oxygen atoms in total. The van der Waals surface area contributed by atoms with Crippen molar-refractivity contribution in [1.29, 1.82) is 0 Å². The molecule has 1 aliphatic rings. The number of likely N-dealkylation sites (tertiary alicyclic amines) is 1. The van der Waals surface area contributed by atoms with E-state index in [1.165, 1.54) is 0 Å². The number of hydrogen-bond donors (Lipinski definition) is 2. The smallest absolute Gasteiger partial charge is 0.251 e. The van der Waals surface area contributed by atoms with E-state index in [4.69, 9.17) is 17.3 Å².